The molecule has 0 saturated carbocycles. The van der Waals surface area contributed by atoms with Gasteiger partial charge in [-0.25, -0.2) is 9.71 Å². The third kappa shape index (κ3) is 3.51. The van der Waals surface area contributed by atoms with Gasteiger partial charge >= 0.3 is 0 Å². The summed E-state index contributed by atoms with van der Waals surface area (Å²) in [5.74, 6) is 0. The molecule has 0 saturated heterocycles. The van der Waals surface area contributed by atoms with E-state index in [1.54, 1.807) is 11.3 Å². The molecule has 5 nitrogen and oxygen atoms in total. The van der Waals surface area contributed by atoms with Gasteiger partial charge in [-0.05, 0) is 20.3 Å². The Labute approximate surface area is 101 Å². The summed E-state index contributed by atoms with van der Waals surface area (Å²) in [5, 5.41) is 1.02. The number of nitrogens with zero attached hydrogens (tertiary/aromatic N) is 2. The molecule has 0 atom stereocenters. The maximum Gasteiger partial charge on any atom is 0.278 e. The zero-order chi connectivity index (χ0) is 12.3. The van der Waals surface area contributed by atoms with Crippen molar-refractivity contribution in [2.24, 2.45) is 0 Å². The monoisotopic (exact) mass is 263 g/mol. The van der Waals surface area contributed by atoms with Gasteiger partial charge in [0.25, 0.3) is 10.2 Å². The van der Waals surface area contributed by atoms with Gasteiger partial charge in [-0.2, -0.15) is 12.7 Å². The topological polar surface area (TPSA) is 62.3 Å². The van der Waals surface area contributed by atoms with Gasteiger partial charge in [-0.1, -0.05) is 0 Å². The predicted octanol–water partition coefficient (Wildman–Crippen LogP) is 0.698. The molecule has 16 heavy (non-hydrogen) atoms. The summed E-state index contributed by atoms with van der Waals surface area (Å²) in [6.45, 7) is 4.30. The number of hydrogen-bond acceptors (Lipinski definition) is 4. The first-order chi connectivity index (χ1) is 7.33. The Morgan fingerprint density at radius 1 is 1.38 bits per heavy atom. The molecule has 0 fully saturated rings. The summed E-state index contributed by atoms with van der Waals surface area (Å²) < 4.78 is 26.5. The largest absolute Gasteiger partial charge is 0.278 e. The van der Waals surface area contributed by atoms with Crippen molar-refractivity contribution >= 4 is 21.5 Å². The summed E-state index contributed by atoms with van der Waals surface area (Å²) in [5.41, 5.74) is 0.992. The number of aromatic nitrogens is 1. The van der Waals surface area contributed by atoms with Gasteiger partial charge in [-0.15, -0.1) is 11.3 Å². The van der Waals surface area contributed by atoms with Crippen LogP contribution < -0.4 is 4.72 Å². The summed E-state index contributed by atoms with van der Waals surface area (Å²) >= 11 is 1.61. The molecule has 0 aliphatic heterocycles. The minimum Gasteiger partial charge on any atom is -0.247 e. The maximum absolute atomic E-state index is 11.4. The van der Waals surface area contributed by atoms with E-state index in [9.17, 15) is 8.42 Å². The van der Waals surface area contributed by atoms with E-state index in [0.717, 1.165) is 19.9 Å². The van der Waals surface area contributed by atoms with E-state index in [1.807, 2.05) is 13.8 Å². The highest BCUT2D eigenvalue weighted by Gasteiger charge is 2.12. The van der Waals surface area contributed by atoms with E-state index in [-0.39, 0.29) is 0 Å². The van der Waals surface area contributed by atoms with Crippen molar-refractivity contribution in [2.75, 3.05) is 20.6 Å². The Morgan fingerprint density at radius 2 is 2.00 bits per heavy atom. The third-order valence-corrected chi connectivity index (χ3v) is 4.78. The average molecular weight is 263 g/mol. The summed E-state index contributed by atoms with van der Waals surface area (Å²) in [6, 6.07) is 0. The quantitative estimate of drug-likeness (QED) is 0.850. The van der Waals surface area contributed by atoms with E-state index in [1.165, 1.54) is 14.1 Å². The molecule has 0 bridgehead atoms. The molecule has 0 aliphatic rings. The molecule has 7 heteroatoms. The van der Waals surface area contributed by atoms with Crippen LogP contribution in [0.25, 0.3) is 0 Å². The molecule has 92 valence electrons. The Bertz CT molecular complexity index is 451. The van der Waals surface area contributed by atoms with E-state index >= 15 is 0 Å². The highest BCUT2D eigenvalue weighted by molar-refractivity contribution is 7.87. The lowest BCUT2D eigenvalue weighted by Crippen LogP contribution is -2.36. The Kier molecular flexibility index (Phi) is 4.43. The van der Waals surface area contributed by atoms with Crippen molar-refractivity contribution < 1.29 is 8.42 Å². The van der Waals surface area contributed by atoms with Crippen molar-refractivity contribution in [3.05, 3.63) is 15.6 Å². The van der Waals surface area contributed by atoms with Crippen LogP contribution in [0.4, 0.5) is 0 Å². The van der Waals surface area contributed by atoms with Crippen LogP contribution in [0.2, 0.25) is 0 Å². The van der Waals surface area contributed by atoms with E-state index in [4.69, 9.17) is 0 Å². The lowest BCUT2D eigenvalue weighted by molar-refractivity contribution is 0.506. The second-order valence-electron chi connectivity index (χ2n) is 3.67. The molecule has 1 rings (SSSR count). The lowest BCUT2D eigenvalue weighted by Gasteiger charge is -2.11. The third-order valence-electron chi connectivity index (χ3n) is 2.12. The first kappa shape index (κ1) is 13.6. The van der Waals surface area contributed by atoms with Crippen LogP contribution in [-0.4, -0.2) is 38.3 Å². The molecule has 1 N–H and O–H groups in total. The lowest BCUT2D eigenvalue weighted by atomic mass is 10.3. The van der Waals surface area contributed by atoms with Crippen molar-refractivity contribution in [3.63, 3.8) is 0 Å². The normalized spacial score (nSPS) is 12.3. The van der Waals surface area contributed by atoms with Crippen LogP contribution in [0.5, 0.6) is 0 Å². The van der Waals surface area contributed by atoms with Crippen molar-refractivity contribution in [1.82, 2.24) is 14.0 Å². The highest BCUT2D eigenvalue weighted by Crippen LogP contribution is 2.17. The van der Waals surface area contributed by atoms with Crippen molar-refractivity contribution in [3.8, 4) is 0 Å². The molecule has 0 spiro atoms. The molecule has 0 amide bonds. The van der Waals surface area contributed by atoms with Gasteiger partial charge in [0.1, 0.15) is 0 Å². The van der Waals surface area contributed by atoms with Crippen LogP contribution in [0, 0.1) is 13.8 Å². The minimum absolute atomic E-state index is 0.406. The van der Waals surface area contributed by atoms with Crippen LogP contribution in [0.3, 0.4) is 0 Å². The molecule has 0 aliphatic carbocycles. The minimum atomic E-state index is -3.31. The summed E-state index contributed by atoms with van der Waals surface area (Å²) in [6.07, 6.45) is 0.685. The second-order valence-corrected chi connectivity index (χ2v) is 6.93. The maximum atomic E-state index is 11.4. The molecule has 0 radical (unpaired) electrons. The van der Waals surface area contributed by atoms with Crippen molar-refractivity contribution in [2.45, 2.75) is 20.3 Å². The molecule has 1 aromatic rings. The fourth-order valence-electron chi connectivity index (χ4n) is 1.23. The van der Waals surface area contributed by atoms with Gasteiger partial charge in [0, 0.05) is 25.5 Å². The van der Waals surface area contributed by atoms with Gasteiger partial charge in [0.05, 0.1) is 10.7 Å². The average Bonchev–Trinajstić information content (AvgIpc) is 2.44. The van der Waals surface area contributed by atoms with Crippen molar-refractivity contribution in [1.29, 1.82) is 0 Å². The smallest absolute Gasteiger partial charge is 0.247 e. The standard InChI is InChI=1S/C9H17N3O2S2/c1-7-9(15-8(2)11-7)5-6-10-16(13,14)12(3)4/h10H,5-6H2,1-4H3. The zero-order valence-electron chi connectivity index (χ0n) is 9.94. The fraction of sp³-hybridized carbons (Fsp3) is 0.667. The number of thiazole rings is 1. The second kappa shape index (κ2) is 5.22. The summed E-state index contributed by atoms with van der Waals surface area (Å²) in [7, 11) is -0.298. The molecule has 1 aromatic heterocycles. The van der Waals surface area contributed by atoms with Crippen LogP contribution in [0.15, 0.2) is 0 Å². The molecular weight excluding hydrogens is 246 g/mol. The predicted molar refractivity (Wildman–Crippen MR) is 65.9 cm³/mol. The van der Waals surface area contributed by atoms with Crippen LogP contribution in [-0.2, 0) is 16.6 Å². The van der Waals surface area contributed by atoms with E-state index in [2.05, 4.69) is 9.71 Å². The zero-order valence-corrected chi connectivity index (χ0v) is 11.6. The summed E-state index contributed by atoms with van der Waals surface area (Å²) in [4.78, 5) is 5.43. The SMILES string of the molecule is Cc1nc(C)c(CCNS(=O)(=O)N(C)C)s1. The first-order valence-electron chi connectivity index (χ1n) is 4.93. The van der Waals surface area contributed by atoms with Crippen LogP contribution >= 0.6 is 11.3 Å². The van der Waals surface area contributed by atoms with Gasteiger partial charge in [-0.3, -0.25) is 0 Å². The fourth-order valence-corrected chi connectivity index (χ4v) is 2.78. The van der Waals surface area contributed by atoms with Gasteiger partial charge in [0.2, 0.25) is 0 Å². The molecule has 0 aromatic carbocycles. The number of aryl methyl sites for hydroxylation is 2. The Balaban J connectivity index is 2.51. The molecule has 1 heterocycles. The van der Waals surface area contributed by atoms with Crippen LogP contribution in [0.1, 0.15) is 15.6 Å². The van der Waals surface area contributed by atoms with E-state index < -0.39 is 10.2 Å². The van der Waals surface area contributed by atoms with Gasteiger partial charge in [0.15, 0.2) is 0 Å². The van der Waals surface area contributed by atoms with E-state index in [0.29, 0.717) is 13.0 Å². The molecule has 0 unspecified atom stereocenters. The number of hydrogen-bond donors (Lipinski definition) is 1. The van der Waals surface area contributed by atoms with Gasteiger partial charge < -0.3 is 0 Å². The number of nitrogens with one attached hydrogen (secondary N) is 1. The number of rotatable bonds is 5. The molecular formula is C9H17N3O2S2. The Morgan fingerprint density at radius 3 is 2.44 bits per heavy atom. The first-order valence-corrected chi connectivity index (χ1v) is 7.18. The highest BCUT2D eigenvalue weighted by atomic mass is 32.2. The Hall–Kier alpha value is -0.500.